The van der Waals surface area contributed by atoms with Crippen molar-refractivity contribution in [3.8, 4) is 0 Å². The highest BCUT2D eigenvalue weighted by Crippen LogP contribution is 2.35. The van der Waals surface area contributed by atoms with Gasteiger partial charge in [-0.1, -0.05) is 36.7 Å². The van der Waals surface area contributed by atoms with Crippen LogP contribution in [0.25, 0.3) is 0 Å². The highest BCUT2D eigenvalue weighted by molar-refractivity contribution is 9.09. The Labute approximate surface area is 87.1 Å². The van der Waals surface area contributed by atoms with Crippen LogP contribution in [0.4, 0.5) is 0 Å². The maximum atomic E-state index is 3.70. The Morgan fingerprint density at radius 2 is 2.08 bits per heavy atom. The molecule has 0 bridgehead atoms. The molecule has 12 heavy (non-hydrogen) atoms. The van der Waals surface area contributed by atoms with Gasteiger partial charge in [-0.05, 0) is 24.5 Å². The van der Waals surface area contributed by atoms with Gasteiger partial charge in [0.2, 0.25) is 0 Å². The van der Waals surface area contributed by atoms with E-state index in [1.807, 2.05) is 11.3 Å². The summed E-state index contributed by atoms with van der Waals surface area (Å²) < 4.78 is 0. The van der Waals surface area contributed by atoms with E-state index >= 15 is 0 Å². The molecule has 1 rings (SSSR count). The standard InChI is InChI=1S/C10H15BrS/c1-4-8-5-6-9(12-8)10(11)7(2)3/h5-7,10H,4H2,1-3H3. The molecular formula is C10H15BrS. The predicted octanol–water partition coefficient (Wildman–Crippen LogP) is 4.40. The van der Waals surface area contributed by atoms with Crippen LogP contribution >= 0.6 is 27.3 Å². The van der Waals surface area contributed by atoms with Gasteiger partial charge in [-0.2, -0.15) is 0 Å². The van der Waals surface area contributed by atoms with Crippen molar-refractivity contribution < 1.29 is 0 Å². The minimum absolute atomic E-state index is 0.530. The molecule has 1 atom stereocenters. The average Bonchev–Trinajstić information content (AvgIpc) is 2.50. The molecule has 68 valence electrons. The van der Waals surface area contributed by atoms with Gasteiger partial charge in [-0.25, -0.2) is 0 Å². The fraction of sp³-hybridized carbons (Fsp3) is 0.600. The summed E-state index contributed by atoms with van der Waals surface area (Å²) in [6.07, 6.45) is 1.16. The summed E-state index contributed by atoms with van der Waals surface area (Å²) in [5.74, 6) is 0.674. The Hall–Kier alpha value is 0.180. The Morgan fingerprint density at radius 3 is 2.50 bits per heavy atom. The lowest BCUT2D eigenvalue weighted by atomic mass is 10.1. The molecule has 0 fully saturated rings. The molecule has 0 N–H and O–H groups in total. The van der Waals surface area contributed by atoms with E-state index in [0.717, 1.165) is 6.42 Å². The van der Waals surface area contributed by atoms with Crippen molar-refractivity contribution in [1.29, 1.82) is 0 Å². The summed E-state index contributed by atoms with van der Waals surface area (Å²) in [5, 5.41) is 0. The molecule has 0 aliphatic carbocycles. The van der Waals surface area contributed by atoms with Crippen molar-refractivity contribution in [3.63, 3.8) is 0 Å². The lowest BCUT2D eigenvalue weighted by molar-refractivity contribution is 0.648. The molecule has 0 spiro atoms. The second-order valence-corrected chi connectivity index (χ2v) is 5.49. The maximum absolute atomic E-state index is 3.70. The van der Waals surface area contributed by atoms with Gasteiger partial charge in [0.05, 0.1) is 4.83 Å². The Balaban J connectivity index is 2.74. The number of hydrogen-bond donors (Lipinski definition) is 0. The van der Waals surface area contributed by atoms with Crippen LogP contribution in [-0.2, 0) is 6.42 Å². The molecule has 0 radical (unpaired) electrons. The van der Waals surface area contributed by atoms with Gasteiger partial charge in [0.15, 0.2) is 0 Å². The van der Waals surface area contributed by atoms with E-state index in [1.54, 1.807) is 0 Å². The molecule has 0 saturated carbocycles. The third kappa shape index (κ3) is 2.33. The Kier molecular flexibility index (Phi) is 3.78. The Bertz CT molecular complexity index is 240. The van der Waals surface area contributed by atoms with Crippen LogP contribution in [0.3, 0.4) is 0 Å². The van der Waals surface area contributed by atoms with Crippen LogP contribution in [0.5, 0.6) is 0 Å². The maximum Gasteiger partial charge on any atom is 0.0512 e. The van der Waals surface area contributed by atoms with E-state index in [1.165, 1.54) is 9.75 Å². The summed E-state index contributed by atoms with van der Waals surface area (Å²) in [7, 11) is 0. The molecule has 0 aromatic carbocycles. The van der Waals surface area contributed by atoms with E-state index < -0.39 is 0 Å². The van der Waals surface area contributed by atoms with Crippen LogP contribution in [0.15, 0.2) is 12.1 Å². The zero-order chi connectivity index (χ0) is 9.14. The molecule has 0 aliphatic heterocycles. The van der Waals surface area contributed by atoms with Crippen molar-refractivity contribution in [2.45, 2.75) is 32.0 Å². The second kappa shape index (κ2) is 4.43. The summed E-state index contributed by atoms with van der Waals surface area (Å²) in [4.78, 5) is 3.47. The smallest absolute Gasteiger partial charge is 0.0512 e. The summed E-state index contributed by atoms with van der Waals surface area (Å²) in [5.41, 5.74) is 0. The number of halogens is 1. The largest absolute Gasteiger partial charge is 0.144 e. The first-order valence-corrected chi connectivity index (χ1v) is 6.11. The summed E-state index contributed by atoms with van der Waals surface area (Å²) in [6.45, 7) is 6.68. The van der Waals surface area contributed by atoms with E-state index in [9.17, 15) is 0 Å². The van der Waals surface area contributed by atoms with Gasteiger partial charge < -0.3 is 0 Å². The molecule has 0 nitrogen and oxygen atoms in total. The highest BCUT2D eigenvalue weighted by atomic mass is 79.9. The molecule has 0 amide bonds. The fourth-order valence-corrected chi connectivity index (χ4v) is 2.60. The highest BCUT2D eigenvalue weighted by Gasteiger charge is 2.13. The van der Waals surface area contributed by atoms with Crippen molar-refractivity contribution in [2.24, 2.45) is 5.92 Å². The van der Waals surface area contributed by atoms with Crippen LogP contribution in [0.1, 0.15) is 35.4 Å². The van der Waals surface area contributed by atoms with E-state index in [4.69, 9.17) is 0 Å². The molecular weight excluding hydrogens is 232 g/mol. The van der Waals surface area contributed by atoms with Crippen LogP contribution in [0.2, 0.25) is 0 Å². The topological polar surface area (TPSA) is 0 Å². The molecule has 1 aromatic heterocycles. The SMILES string of the molecule is CCc1ccc(C(Br)C(C)C)s1. The van der Waals surface area contributed by atoms with E-state index in [0.29, 0.717) is 10.7 Å². The monoisotopic (exact) mass is 246 g/mol. The van der Waals surface area contributed by atoms with Gasteiger partial charge in [-0.3, -0.25) is 0 Å². The lowest BCUT2D eigenvalue weighted by Gasteiger charge is -2.10. The van der Waals surface area contributed by atoms with Crippen LogP contribution in [-0.4, -0.2) is 0 Å². The zero-order valence-electron chi connectivity index (χ0n) is 7.80. The summed E-state index contributed by atoms with van der Waals surface area (Å²) >= 11 is 5.63. The lowest BCUT2D eigenvalue weighted by Crippen LogP contribution is -1.95. The Morgan fingerprint density at radius 1 is 1.42 bits per heavy atom. The van der Waals surface area contributed by atoms with E-state index in [2.05, 4.69) is 48.8 Å². The number of alkyl halides is 1. The number of thiophene rings is 1. The van der Waals surface area contributed by atoms with Gasteiger partial charge in [0.25, 0.3) is 0 Å². The molecule has 1 unspecified atom stereocenters. The molecule has 0 aliphatic rings. The molecule has 1 aromatic rings. The van der Waals surface area contributed by atoms with Crippen molar-refractivity contribution in [3.05, 3.63) is 21.9 Å². The fourth-order valence-electron chi connectivity index (χ4n) is 1.06. The number of hydrogen-bond acceptors (Lipinski definition) is 1. The number of rotatable bonds is 3. The second-order valence-electron chi connectivity index (χ2n) is 3.30. The van der Waals surface area contributed by atoms with Crippen LogP contribution < -0.4 is 0 Å². The third-order valence-corrected chi connectivity index (χ3v) is 5.05. The quantitative estimate of drug-likeness (QED) is 0.694. The minimum Gasteiger partial charge on any atom is -0.144 e. The average molecular weight is 247 g/mol. The van der Waals surface area contributed by atoms with Gasteiger partial charge in [0, 0.05) is 9.75 Å². The normalized spacial score (nSPS) is 13.8. The van der Waals surface area contributed by atoms with Crippen molar-refractivity contribution in [1.82, 2.24) is 0 Å². The van der Waals surface area contributed by atoms with Crippen molar-refractivity contribution >= 4 is 27.3 Å². The van der Waals surface area contributed by atoms with Crippen molar-refractivity contribution in [2.75, 3.05) is 0 Å². The van der Waals surface area contributed by atoms with E-state index in [-0.39, 0.29) is 0 Å². The number of aryl methyl sites for hydroxylation is 1. The molecule has 1 heterocycles. The predicted molar refractivity (Wildman–Crippen MR) is 60.2 cm³/mol. The van der Waals surface area contributed by atoms with Gasteiger partial charge >= 0.3 is 0 Å². The zero-order valence-corrected chi connectivity index (χ0v) is 10.2. The third-order valence-electron chi connectivity index (χ3n) is 1.89. The molecule has 2 heteroatoms. The first-order chi connectivity index (χ1) is 5.65. The summed E-state index contributed by atoms with van der Waals surface area (Å²) in [6, 6.07) is 4.47. The first kappa shape index (κ1) is 10.3. The van der Waals surface area contributed by atoms with Crippen LogP contribution in [0, 0.1) is 5.92 Å². The molecule has 0 saturated heterocycles. The first-order valence-electron chi connectivity index (χ1n) is 4.37. The minimum atomic E-state index is 0.530. The van der Waals surface area contributed by atoms with Gasteiger partial charge in [-0.15, -0.1) is 11.3 Å². The van der Waals surface area contributed by atoms with Gasteiger partial charge in [0.1, 0.15) is 0 Å².